The zero-order valence-electron chi connectivity index (χ0n) is 20.2. The molecule has 0 bridgehead atoms. The topological polar surface area (TPSA) is 61.4 Å². The average molecular weight is 482 g/mol. The summed E-state index contributed by atoms with van der Waals surface area (Å²) < 4.78 is 0. The monoisotopic (exact) mass is 481 g/mol. The van der Waals surface area contributed by atoms with Crippen molar-refractivity contribution in [2.45, 2.75) is 26.7 Å². The highest BCUT2D eigenvalue weighted by atomic mass is 35.5. The molecule has 0 aliphatic rings. The number of halogens is 1. The van der Waals surface area contributed by atoms with E-state index in [0.29, 0.717) is 36.1 Å². The number of benzene rings is 2. The van der Waals surface area contributed by atoms with Crippen molar-refractivity contribution in [1.29, 1.82) is 0 Å². The Kier molecular flexibility index (Phi) is 12.1. The summed E-state index contributed by atoms with van der Waals surface area (Å²) in [5.41, 5.74) is 0.600. The molecule has 0 saturated carbocycles. The number of fused-ring (bicyclic) bond motifs is 1. The smallest absolute Gasteiger partial charge is 0.251 e. The molecule has 2 amide bonds. The summed E-state index contributed by atoms with van der Waals surface area (Å²) in [4.78, 5) is 27.0. The molecule has 0 fully saturated rings. The number of carbonyl (C=O) groups is 2. The number of allylic oxidation sites excluding steroid dienone is 5. The minimum absolute atomic E-state index is 0.0796. The molecule has 1 atom stereocenters. The molecule has 0 saturated heterocycles. The lowest BCUT2D eigenvalue weighted by molar-refractivity contribution is -0.130. The highest BCUT2D eigenvalue weighted by Crippen LogP contribution is 2.20. The second kappa shape index (κ2) is 15.1. The Morgan fingerprint density at radius 3 is 2.56 bits per heavy atom. The Hall–Kier alpha value is -2.89. The molecule has 0 aromatic heterocycles. The fourth-order valence-electron chi connectivity index (χ4n) is 3.61. The third-order valence-electron chi connectivity index (χ3n) is 5.68. The van der Waals surface area contributed by atoms with Crippen LogP contribution in [0.3, 0.4) is 0 Å². The molecule has 2 aromatic rings. The SMILES string of the molecule is C=C/C=C\C=C/CC(CC)CN(CC)C(=O)CNCCNC(=O)c1ccc2cc(Cl)ccc2c1. The molecule has 2 N–H and O–H groups in total. The van der Waals surface area contributed by atoms with Gasteiger partial charge in [-0.05, 0) is 54.3 Å². The number of hydrogen-bond donors (Lipinski definition) is 2. The van der Waals surface area contributed by atoms with Crippen LogP contribution >= 0.6 is 11.6 Å². The van der Waals surface area contributed by atoms with E-state index in [-0.39, 0.29) is 18.4 Å². The molecule has 6 heteroatoms. The maximum absolute atomic E-state index is 12.6. The molecule has 182 valence electrons. The Morgan fingerprint density at radius 1 is 1.06 bits per heavy atom. The highest BCUT2D eigenvalue weighted by Gasteiger charge is 2.15. The van der Waals surface area contributed by atoms with E-state index in [2.05, 4.69) is 30.2 Å². The number of amides is 2. The predicted molar refractivity (Wildman–Crippen MR) is 143 cm³/mol. The molecule has 0 spiro atoms. The van der Waals surface area contributed by atoms with E-state index in [0.717, 1.165) is 30.2 Å². The predicted octanol–water partition coefficient (Wildman–Crippen LogP) is 5.38. The van der Waals surface area contributed by atoms with Gasteiger partial charge in [0.15, 0.2) is 0 Å². The van der Waals surface area contributed by atoms with Gasteiger partial charge in [0.25, 0.3) is 5.91 Å². The van der Waals surface area contributed by atoms with E-state index in [1.807, 2.05) is 60.4 Å². The molecule has 0 aliphatic heterocycles. The summed E-state index contributed by atoms with van der Waals surface area (Å²) in [6.07, 6.45) is 11.7. The zero-order valence-corrected chi connectivity index (χ0v) is 21.0. The summed E-state index contributed by atoms with van der Waals surface area (Å²) >= 11 is 6.02. The van der Waals surface area contributed by atoms with Gasteiger partial charge in [-0.25, -0.2) is 0 Å². The zero-order chi connectivity index (χ0) is 24.8. The summed E-state index contributed by atoms with van der Waals surface area (Å²) in [7, 11) is 0. The normalized spacial score (nSPS) is 12.3. The standard InChI is InChI=1S/C28H36ClN3O2/c1-4-7-8-9-10-11-22(5-2)21-32(6-3)27(33)20-30-16-17-31-28(34)25-13-12-24-19-26(29)15-14-23(24)18-25/h4,7-10,12-15,18-19,22,30H,1,5-6,11,16-17,20-21H2,2-3H3,(H,31,34)/b8-7-,10-9-. The van der Waals surface area contributed by atoms with Crippen LogP contribution in [0, 0.1) is 5.92 Å². The minimum Gasteiger partial charge on any atom is -0.351 e. The van der Waals surface area contributed by atoms with Gasteiger partial charge in [0, 0.05) is 36.8 Å². The maximum Gasteiger partial charge on any atom is 0.251 e. The summed E-state index contributed by atoms with van der Waals surface area (Å²) in [5, 5.41) is 8.68. The van der Waals surface area contributed by atoms with Crippen molar-refractivity contribution in [3.05, 3.63) is 83.9 Å². The van der Waals surface area contributed by atoms with Gasteiger partial charge in [0.1, 0.15) is 0 Å². The van der Waals surface area contributed by atoms with Crippen LogP contribution in [0.2, 0.25) is 5.02 Å². The summed E-state index contributed by atoms with van der Waals surface area (Å²) in [6, 6.07) is 11.1. The van der Waals surface area contributed by atoms with Gasteiger partial charge in [-0.15, -0.1) is 0 Å². The highest BCUT2D eigenvalue weighted by molar-refractivity contribution is 6.31. The van der Waals surface area contributed by atoms with Crippen LogP contribution in [0.25, 0.3) is 10.8 Å². The van der Waals surface area contributed by atoms with Crippen molar-refractivity contribution in [2.24, 2.45) is 5.92 Å². The Morgan fingerprint density at radius 2 is 1.82 bits per heavy atom. The second-order valence-electron chi connectivity index (χ2n) is 8.13. The first kappa shape index (κ1) is 27.4. The van der Waals surface area contributed by atoms with Crippen LogP contribution in [-0.2, 0) is 4.79 Å². The van der Waals surface area contributed by atoms with Crippen LogP contribution in [0.1, 0.15) is 37.0 Å². The first-order chi connectivity index (χ1) is 16.5. The van der Waals surface area contributed by atoms with Gasteiger partial charge in [-0.1, -0.05) is 74.0 Å². The lowest BCUT2D eigenvalue weighted by Gasteiger charge is -2.25. The van der Waals surface area contributed by atoms with Crippen molar-refractivity contribution < 1.29 is 9.59 Å². The lowest BCUT2D eigenvalue weighted by atomic mass is 10.0. The molecule has 0 heterocycles. The van der Waals surface area contributed by atoms with Crippen LogP contribution in [-0.4, -0.2) is 49.4 Å². The quantitative estimate of drug-likeness (QED) is 0.281. The van der Waals surface area contributed by atoms with Gasteiger partial charge in [0.05, 0.1) is 6.54 Å². The summed E-state index contributed by atoms with van der Waals surface area (Å²) in [5.74, 6) is 0.368. The van der Waals surface area contributed by atoms with Gasteiger partial charge in [-0.2, -0.15) is 0 Å². The summed E-state index contributed by atoms with van der Waals surface area (Å²) in [6.45, 7) is 10.5. The fourth-order valence-corrected chi connectivity index (χ4v) is 3.79. The molecule has 0 aliphatic carbocycles. The van der Waals surface area contributed by atoms with Crippen molar-refractivity contribution in [3.63, 3.8) is 0 Å². The number of nitrogens with one attached hydrogen (secondary N) is 2. The van der Waals surface area contributed by atoms with E-state index in [1.165, 1.54) is 0 Å². The van der Waals surface area contributed by atoms with Crippen LogP contribution in [0.4, 0.5) is 0 Å². The molecular weight excluding hydrogens is 446 g/mol. The molecule has 34 heavy (non-hydrogen) atoms. The largest absolute Gasteiger partial charge is 0.351 e. The Labute approximate surface area is 208 Å². The van der Waals surface area contributed by atoms with Crippen LogP contribution in [0.5, 0.6) is 0 Å². The number of rotatable bonds is 14. The van der Waals surface area contributed by atoms with Crippen molar-refractivity contribution in [3.8, 4) is 0 Å². The lowest BCUT2D eigenvalue weighted by Crippen LogP contribution is -2.42. The third-order valence-corrected chi connectivity index (χ3v) is 5.92. The Bertz CT molecular complexity index is 1020. The first-order valence-corrected chi connectivity index (χ1v) is 12.3. The van der Waals surface area contributed by atoms with Gasteiger partial charge in [0.2, 0.25) is 5.91 Å². The Balaban J connectivity index is 1.73. The number of carbonyl (C=O) groups excluding carboxylic acids is 2. The maximum atomic E-state index is 12.6. The molecular formula is C28H36ClN3O2. The second-order valence-corrected chi connectivity index (χ2v) is 8.57. The molecule has 2 rings (SSSR count). The van der Waals surface area contributed by atoms with Crippen molar-refractivity contribution in [1.82, 2.24) is 15.5 Å². The average Bonchev–Trinajstić information content (AvgIpc) is 2.84. The van der Waals surface area contributed by atoms with Crippen molar-refractivity contribution in [2.75, 3.05) is 32.7 Å². The first-order valence-electron chi connectivity index (χ1n) is 11.9. The molecule has 0 radical (unpaired) electrons. The van der Waals surface area contributed by atoms with E-state index in [4.69, 9.17) is 11.6 Å². The van der Waals surface area contributed by atoms with E-state index in [9.17, 15) is 9.59 Å². The fraction of sp³-hybridized carbons (Fsp3) is 0.357. The number of likely N-dealkylation sites (N-methyl/N-ethyl adjacent to an activating group) is 1. The molecule has 5 nitrogen and oxygen atoms in total. The van der Waals surface area contributed by atoms with E-state index >= 15 is 0 Å². The van der Waals surface area contributed by atoms with E-state index in [1.54, 1.807) is 12.1 Å². The van der Waals surface area contributed by atoms with Crippen LogP contribution in [0.15, 0.2) is 73.4 Å². The van der Waals surface area contributed by atoms with E-state index < -0.39 is 0 Å². The van der Waals surface area contributed by atoms with Crippen LogP contribution < -0.4 is 10.6 Å². The molecule has 1 unspecified atom stereocenters. The number of nitrogens with zero attached hydrogens (tertiary/aromatic N) is 1. The third kappa shape index (κ3) is 9.16. The van der Waals surface area contributed by atoms with Crippen molar-refractivity contribution >= 4 is 34.2 Å². The minimum atomic E-state index is -0.137. The van der Waals surface area contributed by atoms with Gasteiger partial charge in [-0.3, -0.25) is 9.59 Å². The number of hydrogen-bond acceptors (Lipinski definition) is 3. The van der Waals surface area contributed by atoms with Gasteiger partial charge >= 0.3 is 0 Å². The molecule has 2 aromatic carbocycles. The van der Waals surface area contributed by atoms with Gasteiger partial charge < -0.3 is 15.5 Å².